The van der Waals surface area contributed by atoms with Crippen molar-refractivity contribution in [3.05, 3.63) is 75.6 Å². The van der Waals surface area contributed by atoms with E-state index in [4.69, 9.17) is 0 Å². The number of aromatic hydroxyl groups is 1. The molecule has 0 unspecified atom stereocenters. The highest BCUT2D eigenvalue weighted by Crippen LogP contribution is 2.29. The molecule has 5 N–H and O–H groups in total. The molecule has 1 amide bonds. The number of benzene rings is 2. The number of β-amino-alcohol motifs (C(OH)–C–C–N with tert-alkyl or cyclic N) is 1. The van der Waals surface area contributed by atoms with Gasteiger partial charge in [0.2, 0.25) is 5.56 Å². The van der Waals surface area contributed by atoms with Gasteiger partial charge >= 0.3 is 0 Å². The highest BCUT2D eigenvalue weighted by Gasteiger charge is 2.22. The number of phenolic OH excluding ortho intramolecular Hbond substituents is 1. The molecule has 0 spiro atoms. The van der Waals surface area contributed by atoms with E-state index >= 15 is 0 Å². The molecule has 0 saturated heterocycles. The molecule has 4 rings (SSSR count). The van der Waals surface area contributed by atoms with Gasteiger partial charge in [-0.3, -0.25) is 9.59 Å². The zero-order valence-electron chi connectivity index (χ0n) is 21.8. The smallest absolute Gasteiger partial charge is 0.251 e. The number of aliphatic hydroxyl groups is 1. The maximum atomic E-state index is 12.7. The van der Waals surface area contributed by atoms with Crippen molar-refractivity contribution in [3.63, 3.8) is 0 Å². The molecule has 1 aliphatic rings. The van der Waals surface area contributed by atoms with E-state index in [0.717, 1.165) is 24.4 Å². The Morgan fingerprint density at radius 3 is 2.68 bits per heavy atom. The number of amides is 1. The molecule has 7 heteroatoms. The predicted octanol–water partition coefficient (Wildman–Crippen LogP) is 4.58. The number of fused-ring (bicyclic) bond motifs is 1. The lowest BCUT2D eigenvalue weighted by atomic mass is 9.87. The third kappa shape index (κ3) is 7.21. The van der Waals surface area contributed by atoms with E-state index in [1.807, 2.05) is 24.3 Å². The van der Waals surface area contributed by atoms with Gasteiger partial charge < -0.3 is 25.8 Å². The molecular weight excluding hydrogens is 466 g/mol. The molecule has 198 valence electrons. The lowest BCUT2D eigenvalue weighted by Crippen LogP contribution is -2.43. The molecule has 0 radical (unpaired) electrons. The van der Waals surface area contributed by atoms with Crippen LogP contribution in [0.5, 0.6) is 5.75 Å². The van der Waals surface area contributed by atoms with Crippen LogP contribution in [0.4, 0.5) is 0 Å². The first-order chi connectivity index (χ1) is 17.7. The molecule has 3 aromatic rings. The number of aliphatic hydroxyl groups excluding tert-OH is 1. The number of aromatic amines is 1. The summed E-state index contributed by atoms with van der Waals surface area (Å²) in [6.45, 7) is 5.12. The molecular formula is C30H39N3O4. The fourth-order valence-corrected chi connectivity index (χ4v) is 5.40. The molecule has 1 fully saturated rings. The van der Waals surface area contributed by atoms with Gasteiger partial charge in [-0.1, -0.05) is 50.3 Å². The summed E-state index contributed by atoms with van der Waals surface area (Å²) >= 11 is 0. The van der Waals surface area contributed by atoms with Crippen molar-refractivity contribution in [3.8, 4) is 5.75 Å². The molecule has 1 saturated carbocycles. The van der Waals surface area contributed by atoms with E-state index in [9.17, 15) is 19.8 Å². The van der Waals surface area contributed by atoms with Crippen molar-refractivity contribution in [1.82, 2.24) is 15.6 Å². The number of pyridine rings is 1. The van der Waals surface area contributed by atoms with Crippen LogP contribution in [0.25, 0.3) is 10.9 Å². The molecule has 2 aromatic carbocycles. The minimum absolute atomic E-state index is 0.0314. The summed E-state index contributed by atoms with van der Waals surface area (Å²) in [6, 6.07) is 13.9. The Balaban J connectivity index is 1.33. The van der Waals surface area contributed by atoms with Crippen molar-refractivity contribution in [2.24, 2.45) is 5.92 Å². The van der Waals surface area contributed by atoms with Gasteiger partial charge in [-0.25, -0.2) is 0 Å². The Hall–Kier alpha value is -3.16. The second kappa shape index (κ2) is 11.9. The summed E-state index contributed by atoms with van der Waals surface area (Å²) < 4.78 is 0. The monoisotopic (exact) mass is 505 g/mol. The number of phenols is 1. The van der Waals surface area contributed by atoms with Gasteiger partial charge in [0.05, 0.1) is 11.6 Å². The van der Waals surface area contributed by atoms with Crippen molar-refractivity contribution >= 4 is 16.8 Å². The van der Waals surface area contributed by atoms with Crippen LogP contribution in [0.15, 0.2) is 53.3 Å². The minimum atomic E-state index is -0.838. The van der Waals surface area contributed by atoms with Crippen molar-refractivity contribution in [2.75, 3.05) is 13.1 Å². The summed E-state index contributed by atoms with van der Waals surface area (Å²) in [5.74, 6) is 0.676. The summed E-state index contributed by atoms with van der Waals surface area (Å²) in [6.07, 6.45) is 7.42. The molecule has 0 aliphatic heterocycles. The van der Waals surface area contributed by atoms with Crippen LogP contribution in [0, 0.1) is 5.92 Å². The highest BCUT2D eigenvalue weighted by atomic mass is 16.3. The lowest BCUT2D eigenvalue weighted by molar-refractivity contribution is 0.0950. The quantitative estimate of drug-likeness (QED) is 0.277. The van der Waals surface area contributed by atoms with Gasteiger partial charge in [0, 0.05) is 35.6 Å². The molecule has 1 heterocycles. The standard InChI is InChI=1S/C30H39N3O4/c1-30(2,32-19-26(35)23-11-13-25(34)28-24(23)12-14-27(36)33-28)18-21-9-6-10-22(17-21)29(37)31-16-15-20-7-4-3-5-8-20/h6,9-14,17,20,26,32,34-35H,3-5,7-8,15-16,18-19H2,1-2H3,(H,31,37)(H,33,36)/t26-/m0/s1. The number of hydrogen-bond donors (Lipinski definition) is 5. The molecule has 0 bridgehead atoms. The minimum Gasteiger partial charge on any atom is -0.506 e. The molecule has 7 nitrogen and oxygen atoms in total. The number of nitrogens with one attached hydrogen (secondary N) is 3. The average Bonchev–Trinajstić information content (AvgIpc) is 2.88. The van der Waals surface area contributed by atoms with Crippen LogP contribution in [0.2, 0.25) is 0 Å². The first-order valence-electron chi connectivity index (χ1n) is 13.4. The molecule has 37 heavy (non-hydrogen) atoms. The summed E-state index contributed by atoms with van der Waals surface area (Å²) in [4.78, 5) is 27.0. The Labute approximate surface area is 218 Å². The zero-order chi connectivity index (χ0) is 26.4. The average molecular weight is 506 g/mol. The maximum absolute atomic E-state index is 12.7. The normalized spacial score (nSPS) is 15.5. The SMILES string of the molecule is CC(C)(Cc1cccc(C(=O)NCCC2CCCCC2)c1)NC[C@H](O)c1ccc(O)c2[nH]c(=O)ccc12. The second-order valence-electron chi connectivity index (χ2n) is 11.0. The highest BCUT2D eigenvalue weighted by molar-refractivity contribution is 5.94. The topological polar surface area (TPSA) is 114 Å². The van der Waals surface area contributed by atoms with E-state index in [1.165, 1.54) is 44.2 Å². The first kappa shape index (κ1) is 26.9. The Kier molecular flexibility index (Phi) is 8.67. The molecule has 1 atom stereocenters. The lowest BCUT2D eigenvalue weighted by Gasteiger charge is -2.28. The fraction of sp³-hybridized carbons (Fsp3) is 0.467. The van der Waals surface area contributed by atoms with Crippen molar-refractivity contribution in [2.45, 2.75) is 70.4 Å². The summed E-state index contributed by atoms with van der Waals surface area (Å²) in [5.41, 5.74) is 1.99. The van der Waals surface area contributed by atoms with E-state index < -0.39 is 6.10 Å². The maximum Gasteiger partial charge on any atom is 0.251 e. The van der Waals surface area contributed by atoms with Crippen molar-refractivity contribution in [1.29, 1.82) is 0 Å². The Morgan fingerprint density at radius 1 is 1.11 bits per heavy atom. The van der Waals surface area contributed by atoms with Crippen LogP contribution < -0.4 is 16.2 Å². The van der Waals surface area contributed by atoms with Crippen molar-refractivity contribution < 1.29 is 15.0 Å². The predicted molar refractivity (Wildman–Crippen MR) is 147 cm³/mol. The Morgan fingerprint density at radius 2 is 1.89 bits per heavy atom. The van der Waals surface area contributed by atoms with Crippen LogP contribution in [-0.4, -0.2) is 39.7 Å². The van der Waals surface area contributed by atoms with E-state index in [2.05, 4.69) is 29.5 Å². The molecule has 1 aliphatic carbocycles. The van der Waals surface area contributed by atoms with E-state index in [1.54, 1.807) is 12.1 Å². The second-order valence-corrected chi connectivity index (χ2v) is 11.0. The Bertz CT molecular complexity index is 1280. The van der Waals surface area contributed by atoms with E-state index in [-0.39, 0.29) is 29.3 Å². The van der Waals surface area contributed by atoms with Crippen LogP contribution in [0.3, 0.4) is 0 Å². The van der Waals surface area contributed by atoms with E-state index in [0.29, 0.717) is 28.5 Å². The van der Waals surface area contributed by atoms with Gasteiger partial charge in [-0.15, -0.1) is 0 Å². The number of H-pyrrole nitrogens is 1. The third-order valence-electron chi connectivity index (χ3n) is 7.44. The van der Waals surface area contributed by atoms with Gasteiger partial charge in [0.25, 0.3) is 5.91 Å². The summed E-state index contributed by atoms with van der Waals surface area (Å²) in [7, 11) is 0. The number of hydrogen-bond acceptors (Lipinski definition) is 5. The molecule has 1 aromatic heterocycles. The van der Waals surface area contributed by atoms with Gasteiger partial charge in [-0.05, 0) is 68.0 Å². The van der Waals surface area contributed by atoms with Gasteiger partial charge in [-0.2, -0.15) is 0 Å². The van der Waals surface area contributed by atoms with Gasteiger partial charge in [0.15, 0.2) is 0 Å². The zero-order valence-corrected chi connectivity index (χ0v) is 21.8. The first-order valence-corrected chi connectivity index (χ1v) is 13.4. The largest absolute Gasteiger partial charge is 0.506 e. The number of aromatic nitrogens is 1. The number of carbonyl (C=O) groups excluding carboxylic acids is 1. The van der Waals surface area contributed by atoms with Crippen LogP contribution >= 0.6 is 0 Å². The third-order valence-corrected chi connectivity index (χ3v) is 7.44. The fourth-order valence-electron chi connectivity index (χ4n) is 5.40. The van der Waals surface area contributed by atoms with Crippen LogP contribution in [-0.2, 0) is 6.42 Å². The number of rotatable bonds is 10. The summed E-state index contributed by atoms with van der Waals surface area (Å²) in [5, 5.41) is 28.1. The number of carbonyl (C=O) groups is 1. The van der Waals surface area contributed by atoms with Gasteiger partial charge in [0.1, 0.15) is 5.75 Å². The van der Waals surface area contributed by atoms with Crippen LogP contribution in [0.1, 0.15) is 80.0 Å².